The fraction of sp³-hybridized carbons (Fsp3) is 0.833. The minimum absolute atomic E-state index is 0.559. The number of hydrogen-bond donors (Lipinski definition) is 0. The molecule has 1 aliphatic carbocycles. The first-order valence-electron chi connectivity index (χ1n) is 5.61. The maximum Gasteiger partial charge on any atom is 0.109 e. The minimum atomic E-state index is 0.559. The Morgan fingerprint density at radius 3 is 2.62 bits per heavy atom. The summed E-state index contributed by atoms with van der Waals surface area (Å²) >= 11 is 0. The van der Waals surface area contributed by atoms with Crippen LogP contribution >= 0.6 is 0 Å². The second-order valence-corrected chi connectivity index (χ2v) is 5.57. The summed E-state index contributed by atoms with van der Waals surface area (Å²) in [6.45, 7) is 11.0. The lowest BCUT2D eigenvalue weighted by Gasteiger charge is -2.18. The second kappa shape index (κ2) is 3.90. The molecular weight excluding hydrogens is 155 g/mol. The predicted molar refractivity (Wildman–Crippen MR) is 62.8 cm³/mol. The average molecular weight is 178 g/mol. The van der Waals surface area contributed by atoms with Gasteiger partial charge in [0.1, 0.15) is 7.85 Å². The van der Waals surface area contributed by atoms with Crippen LogP contribution in [-0.2, 0) is 0 Å². The van der Waals surface area contributed by atoms with Gasteiger partial charge in [-0.1, -0.05) is 50.6 Å². The largest absolute Gasteiger partial charge is 0.109 e. The van der Waals surface area contributed by atoms with E-state index in [1.165, 1.54) is 31.3 Å². The van der Waals surface area contributed by atoms with Crippen molar-refractivity contribution in [2.75, 3.05) is 0 Å². The normalized spacial score (nSPS) is 39.3. The molecule has 0 bridgehead atoms. The Morgan fingerprint density at radius 1 is 1.54 bits per heavy atom. The summed E-state index contributed by atoms with van der Waals surface area (Å²) in [5.41, 5.74) is 1.41. The lowest BCUT2D eigenvalue weighted by molar-refractivity contribution is 0.405. The number of rotatable bonds is 3. The van der Waals surface area contributed by atoms with E-state index >= 15 is 0 Å². The molecule has 3 atom stereocenters. The molecule has 0 saturated heterocycles. The van der Waals surface area contributed by atoms with Gasteiger partial charge in [-0.05, 0) is 25.2 Å². The van der Waals surface area contributed by atoms with Crippen LogP contribution in [0.25, 0.3) is 0 Å². The van der Waals surface area contributed by atoms with Crippen LogP contribution < -0.4 is 0 Å². The van der Waals surface area contributed by atoms with Crippen LogP contribution in [0.4, 0.5) is 0 Å². The van der Waals surface area contributed by atoms with E-state index in [0.717, 1.165) is 11.8 Å². The van der Waals surface area contributed by atoms with Crippen molar-refractivity contribution >= 4 is 7.85 Å². The van der Waals surface area contributed by atoms with Gasteiger partial charge < -0.3 is 0 Å². The van der Waals surface area contributed by atoms with Gasteiger partial charge in [0, 0.05) is 0 Å². The molecule has 0 heterocycles. The van der Waals surface area contributed by atoms with Gasteiger partial charge in [-0.3, -0.25) is 0 Å². The van der Waals surface area contributed by atoms with Crippen molar-refractivity contribution in [2.45, 2.75) is 51.8 Å². The number of allylic oxidation sites excluding steroid dienone is 1. The van der Waals surface area contributed by atoms with Crippen molar-refractivity contribution in [1.82, 2.24) is 0 Å². The van der Waals surface area contributed by atoms with E-state index < -0.39 is 0 Å². The summed E-state index contributed by atoms with van der Waals surface area (Å²) in [5, 5.41) is 0.559. The molecule has 0 nitrogen and oxygen atoms in total. The molecule has 0 N–H and O–H groups in total. The topological polar surface area (TPSA) is 0 Å². The van der Waals surface area contributed by atoms with Crippen LogP contribution in [-0.4, -0.2) is 7.85 Å². The zero-order valence-corrected chi connectivity index (χ0v) is 9.69. The zero-order chi connectivity index (χ0) is 10.1. The average Bonchev–Trinajstić information content (AvgIpc) is 2.26. The van der Waals surface area contributed by atoms with Crippen LogP contribution in [0.15, 0.2) is 12.2 Å². The first kappa shape index (κ1) is 10.9. The molecule has 3 unspecified atom stereocenters. The molecule has 0 radical (unpaired) electrons. The molecule has 1 fully saturated rings. The number of hydrogen-bond acceptors (Lipinski definition) is 0. The Balaban J connectivity index is 2.65. The van der Waals surface area contributed by atoms with Crippen LogP contribution in [0.1, 0.15) is 46.5 Å². The second-order valence-electron chi connectivity index (χ2n) is 5.57. The van der Waals surface area contributed by atoms with Gasteiger partial charge in [0.2, 0.25) is 0 Å². The molecule has 1 saturated carbocycles. The van der Waals surface area contributed by atoms with Gasteiger partial charge in [-0.2, -0.15) is 0 Å². The summed E-state index contributed by atoms with van der Waals surface area (Å²) in [5.74, 6) is 1.72. The molecule has 74 valence electrons. The summed E-state index contributed by atoms with van der Waals surface area (Å²) in [6.07, 6.45) is 5.47. The van der Waals surface area contributed by atoms with Gasteiger partial charge in [0.25, 0.3) is 0 Å². The molecule has 0 aromatic carbocycles. The Labute approximate surface area is 84.2 Å². The van der Waals surface area contributed by atoms with Crippen LogP contribution in [0.5, 0.6) is 0 Å². The van der Waals surface area contributed by atoms with Gasteiger partial charge in [0.15, 0.2) is 0 Å². The van der Waals surface area contributed by atoms with E-state index in [9.17, 15) is 0 Å². The van der Waals surface area contributed by atoms with Crippen molar-refractivity contribution in [3.05, 3.63) is 12.2 Å². The lowest BCUT2D eigenvalue weighted by Crippen LogP contribution is -2.07. The fourth-order valence-corrected chi connectivity index (χ4v) is 2.95. The van der Waals surface area contributed by atoms with E-state index in [4.69, 9.17) is 0 Å². The Bertz CT molecular complexity index is 193. The maximum atomic E-state index is 4.14. The van der Waals surface area contributed by atoms with Crippen molar-refractivity contribution in [2.24, 2.45) is 11.8 Å². The molecule has 0 aromatic rings. The summed E-state index contributed by atoms with van der Waals surface area (Å²) in [6, 6.07) is 0. The molecule has 0 amide bonds. The Hall–Kier alpha value is -0.195. The predicted octanol–water partition coefficient (Wildman–Crippen LogP) is 3.20. The zero-order valence-electron chi connectivity index (χ0n) is 9.69. The van der Waals surface area contributed by atoms with Gasteiger partial charge in [-0.25, -0.2) is 0 Å². The Kier molecular flexibility index (Phi) is 3.26. The van der Waals surface area contributed by atoms with Crippen molar-refractivity contribution in [3.63, 3.8) is 0 Å². The summed E-state index contributed by atoms with van der Waals surface area (Å²) < 4.78 is 0. The smallest absolute Gasteiger partial charge is 0.0999 e. The molecule has 1 aliphatic rings. The van der Waals surface area contributed by atoms with Crippen LogP contribution in [0.3, 0.4) is 0 Å². The Morgan fingerprint density at radius 2 is 2.15 bits per heavy atom. The first-order valence-corrected chi connectivity index (χ1v) is 5.61. The monoisotopic (exact) mass is 178 g/mol. The summed E-state index contributed by atoms with van der Waals surface area (Å²) in [7, 11) is 2.40. The highest BCUT2D eigenvalue weighted by Gasteiger charge is 2.38. The van der Waals surface area contributed by atoms with Gasteiger partial charge in [-0.15, -0.1) is 0 Å². The van der Waals surface area contributed by atoms with E-state index in [1.54, 1.807) is 0 Å². The highest BCUT2D eigenvalue weighted by Crippen LogP contribution is 2.52. The van der Waals surface area contributed by atoms with E-state index in [1.807, 2.05) is 0 Å². The summed E-state index contributed by atoms with van der Waals surface area (Å²) in [4.78, 5) is 0. The first-order chi connectivity index (χ1) is 5.96. The minimum Gasteiger partial charge on any atom is -0.0999 e. The SMILES string of the molecule is BC1(C)CC(CCC)C(C(=C)C)C1. The van der Waals surface area contributed by atoms with E-state index in [-0.39, 0.29) is 0 Å². The molecule has 1 heteroatoms. The van der Waals surface area contributed by atoms with Crippen molar-refractivity contribution in [1.29, 1.82) is 0 Å². The standard InChI is InChI=1S/C12H23B/c1-5-6-10-7-12(4,13)8-11(10)9(2)3/h10-11H,2,5-8,13H2,1,3-4H3. The molecule has 1 rings (SSSR count). The lowest BCUT2D eigenvalue weighted by atomic mass is 9.68. The molecule has 0 spiro atoms. The van der Waals surface area contributed by atoms with Gasteiger partial charge >= 0.3 is 0 Å². The van der Waals surface area contributed by atoms with Crippen LogP contribution in [0.2, 0.25) is 5.31 Å². The van der Waals surface area contributed by atoms with E-state index in [2.05, 4.69) is 35.2 Å². The molecule has 0 aromatic heterocycles. The van der Waals surface area contributed by atoms with Crippen molar-refractivity contribution < 1.29 is 0 Å². The van der Waals surface area contributed by atoms with Crippen molar-refractivity contribution in [3.8, 4) is 0 Å². The third-order valence-electron chi connectivity index (χ3n) is 3.45. The highest BCUT2D eigenvalue weighted by molar-refractivity contribution is 6.15. The quantitative estimate of drug-likeness (QED) is 0.459. The molecular formula is C12H23B. The molecule has 13 heavy (non-hydrogen) atoms. The van der Waals surface area contributed by atoms with Crippen LogP contribution in [0, 0.1) is 11.8 Å². The molecule has 0 aliphatic heterocycles. The third kappa shape index (κ3) is 2.62. The third-order valence-corrected chi connectivity index (χ3v) is 3.45. The fourth-order valence-electron chi connectivity index (χ4n) is 2.95. The van der Waals surface area contributed by atoms with E-state index in [0.29, 0.717) is 5.31 Å². The highest BCUT2D eigenvalue weighted by atomic mass is 14.4. The van der Waals surface area contributed by atoms with Gasteiger partial charge in [0.05, 0.1) is 0 Å². The maximum absolute atomic E-state index is 4.14.